The van der Waals surface area contributed by atoms with Crippen molar-refractivity contribution in [3.8, 4) is 0 Å². The lowest BCUT2D eigenvalue weighted by Crippen LogP contribution is -2.39. The third kappa shape index (κ3) is 4.06. The summed E-state index contributed by atoms with van der Waals surface area (Å²) in [5, 5.41) is 0. The number of amides is 1. The van der Waals surface area contributed by atoms with Gasteiger partial charge in [-0.2, -0.15) is 13.2 Å². The zero-order chi connectivity index (χ0) is 20.4. The molecule has 5 nitrogen and oxygen atoms in total. The number of nitrogens with zero attached hydrogens (tertiary/aromatic N) is 3. The first-order valence-electron chi connectivity index (χ1n) is 9.43. The van der Waals surface area contributed by atoms with Crippen LogP contribution in [0.15, 0.2) is 54.6 Å². The van der Waals surface area contributed by atoms with E-state index < -0.39 is 18.1 Å². The van der Waals surface area contributed by atoms with Gasteiger partial charge in [-0.1, -0.05) is 42.5 Å². The minimum atomic E-state index is -4.57. The molecule has 3 aromatic rings. The molecule has 1 aliphatic rings. The van der Waals surface area contributed by atoms with Crippen LogP contribution < -0.4 is 0 Å². The molecule has 2 aromatic carbocycles. The van der Waals surface area contributed by atoms with Gasteiger partial charge in [-0.05, 0) is 30.5 Å². The van der Waals surface area contributed by atoms with Crippen LogP contribution in [0.25, 0.3) is 11.0 Å². The number of rotatable bonds is 4. The van der Waals surface area contributed by atoms with E-state index in [4.69, 9.17) is 4.74 Å². The molecule has 152 valence electrons. The summed E-state index contributed by atoms with van der Waals surface area (Å²) in [5.74, 6) is -0.941. The first-order chi connectivity index (χ1) is 13.9. The minimum Gasteiger partial charge on any atom is -0.445 e. The fraction of sp³-hybridized carbons (Fsp3) is 0.333. The molecule has 2 heterocycles. The molecule has 0 N–H and O–H groups in total. The molecule has 4 rings (SSSR count). The van der Waals surface area contributed by atoms with E-state index >= 15 is 0 Å². The number of fused-ring (bicyclic) bond motifs is 1. The predicted octanol–water partition coefficient (Wildman–Crippen LogP) is 4.86. The minimum absolute atomic E-state index is 0.0236. The van der Waals surface area contributed by atoms with Crippen molar-refractivity contribution in [2.45, 2.75) is 38.2 Å². The Morgan fingerprint density at radius 1 is 1.10 bits per heavy atom. The highest BCUT2D eigenvalue weighted by Gasteiger charge is 2.39. The fourth-order valence-electron chi connectivity index (χ4n) is 3.76. The van der Waals surface area contributed by atoms with Crippen molar-refractivity contribution in [1.29, 1.82) is 0 Å². The van der Waals surface area contributed by atoms with Gasteiger partial charge in [0.25, 0.3) is 0 Å². The molecule has 8 heteroatoms. The average Bonchev–Trinajstić information content (AvgIpc) is 3.32. The van der Waals surface area contributed by atoms with E-state index in [1.54, 1.807) is 24.3 Å². The molecule has 1 saturated heterocycles. The van der Waals surface area contributed by atoms with Gasteiger partial charge in [0.15, 0.2) is 0 Å². The summed E-state index contributed by atoms with van der Waals surface area (Å²) in [5.41, 5.74) is 1.55. The van der Waals surface area contributed by atoms with Crippen LogP contribution in [0.3, 0.4) is 0 Å². The van der Waals surface area contributed by atoms with Gasteiger partial charge >= 0.3 is 12.3 Å². The van der Waals surface area contributed by atoms with E-state index in [-0.39, 0.29) is 24.7 Å². The summed E-state index contributed by atoms with van der Waals surface area (Å²) < 4.78 is 47.2. The number of ether oxygens (including phenoxy) is 1. The third-order valence-corrected chi connectivity index (χ3v) is 5.12. The van der Waals surface area contributed by atoms with Crippen molar-refractivity contribution in [2.24, 2.45) is 0 Å². The average molecular weight is 403 g/mol. The molecule has 0 spiro atoms. The number of para-hydroxylation sites is 2. The molecule has 1 aliphatic heterocycles. The van der Waals surface area contributed by atoms with Crippen LogP contribution in [0.2, 0.25) is 0 Å². The van der Waals surface area contributed by atoms with Crippen LogP contribution in [0.4, 0.5) is 18.0 Å². The van der Waals surface area contributed by atoms with Crippen molar-refractivity contribution in [2.75, 3.05) is 6.54 Å². The van der Waals surface area contributed by atoms with Crippen LogP contribution >= 0.6 is 0 Å². The molecular weight excluding hydrogens is 383 g/mol. The number of alkyl halides is 3. The SMILES string of the molecule is O=C(OCc1ccccc1)N1CCC[C@H]1Cn1c(C(F)(F)F)nc2ccccc21. The normalized spacial score (nSPS) is 17.1. The number of imidazole rings is 1. The summed E-state index contributed by atoms with van der Waals surface area (Å²) in [6, 6.07) is 15.4. The largest absolute Gasteiger partial charge is 0.449 e. The molecule has 29 heavy (non-hydrogen) atoms. The van der Waals surface area contributed by atoms with Gasteiger partial charge in [-0.25, -0.2) is 9.78 Å². The van der Waals surface area contributed by atoms with E-state index in [9.17, 15) is 18.0 Å². The molecule has 0 saturated carbocycles. The van der Waals surface area contributed by atoms with E-state index in [1.165, 1.54) is 9.47 Å². The second-order valence-electron chi connectivity index (χ2n) is 7.06. The summed E-state index contributed by atoms with van der Waals surface area (Å²) in [7, 11) is 0. The van der Waals surface area contributed by atoms with E-state index in [0.717, 1.165) is 12.0 Å². The maximum absolute atomic E-state index is 13.5. The second-order valence-corrected chi connectivity index (χ2v) is 7.06. The van der Waals surface area contributed by atoms with Gasteiger partial charge < -0.3 is 14.2 Å². The van der Waals surface area contributed by atoms with Gasteiger partial charge in [0.2, 0.25) is 5.82 Å². The standard InChI is InChI=1S/C21H20F3N3O2/c22-21(23,24)19-25-17-10-4-5-11-18(17)27(19)13-16-9-6-12-26(16)20(28)29-14-15-7-2-1-3-8-15/h1-5,7-8,10-11,16H,6,9,12-14H2/t16-/m0/s1. The van der Waals surface area contributed by atoms with Gasteiger partial charge in [-0.3, -0.25) is 0 Å². The maximum Gasteiger partial charge on any atom is 0.449 e. The number of carbonyl (C=O) groups is 1. The number of aromatic nitrogens is 2. The Hall–Kier alpha value is -3.03. The van der Waals surface area contributed by atoms with Crippen LogP contribution in [-0.2, 0) is 24.1 Å². The quantitative estimate of drug-likeness (QED) is 0.625. The Kier molecular flexibility index (Phi) is 5.17. The van der Waals surface area contributed by atoms with E-state index in [0.29, 0.717) is 18.5 Å². The molecule has 1 amide bonds. The topological polar surface area (TPSA) is 47.4 Å². The number of hydrogen-bond acceptors (Lipinski definition) is 3. The highest BCUT2D eigenvalue weighted by molar-refractivity contribution is 5.76. The van der Waals surface area contributed by atoms with Crippen molar-refractivity contribution in [3.63, 3.8) is 0 Å². The Labute approximate surface area is 165 Å². The molecule has 0 bridgehead atoms. The molecule has 0 unspecified atom stereocenters. The number of hydrogen-bond donors (Lipinski definition) is 0. The first kappa shape index (κ1) is 19.3. The lowest BCUT2D eigenvalue weighted by Gasteiger charge is -2.25. The van der Waals surface area contributed by atoms with Crippen molar-refractivity contribution < 1.29 is 22.7 Å². The first-order valence-corrected chi connectivity index (χ1v) is 9.43. The van der Waals surface area contributed by atoms with Crippen LogP contribution in [0.5, 0.6) is 0 Å². The van der Waals surface area contributed by atoms with E-state index in [1.807, 2.05) is 30.3 Å². The predicted molar refractivity (Wildman–Crippen MR) is 101 cm³/mol. The number of carbonyl (C=O) groups excluding carboxylic acids is 1. The molecule has 0 radical (unpaired) electrons. The molecule has 1 fully saturated rings. The Balaban J connectivity index is 1.53. The Morgan fingerprint density at radius 2 is 1.83 bits per heavy atom. The summed E-state index contributed by atoms with van der Waals surface area (Å²) in [6.07, 6.45) is -3.74. The maximum atomic E-state index is 13.5. The van der Waals surface area contributed by atoms with Crippen molar-refractivity contribution in [3.05, 3.63) is 66.0 Å². The highest BCUT2D eigenvalue weighted by Crippen LogP contribution is 2.33. The van der Waals surface area contributed by atoms with Crippen molar-refractivity contribution in [1.82, 2.24) is 14.5 Å². The van der Waals surface area contributed by atoms with Gasteiger partial charge in [-0.15, -0.1) is 0 Å². The zero-order valence-electron chi connectivity index (χ0n) is 15.6. The second kappa shape index (κ2) is 7.77. The monoisotopic (exact) mass is 403 g/mol. The lowest BCUT2D eigenvalue weighted by atomic mass is 10.2. The smallest absolute Gasteiger partial charge is 0.445 e. The number of halogens is 3. The zero-order valence-corrected chi connectivity index (χ0v) is 15.6. The molecule has 0 aliphatic carbocycles. The lowest BCUT2D eigenvalue weighted by molar-refractivity contribution is -0.147. The number of benzene rings is 2. The van der Waals surface area contributed by atoms with Gasteiger partial charge in [0.05, 0.1) is 17.1 Å². The van der Waals surface area contributed by atoms with Crippen LogP contribution in [0.1, 0.15) is 24.2 Å². The van der Waals surface area contributed by atoms with Gasteiger partial charge in [0, 0.05) is 13.1 Å². The fourth-order valence-corrected chi connectivity index (χ4v) is 3.76. The number of likely N-dealkylation sites (tertiary alicyclic amines) is 1. The van der Waals surface area contributed by atoms with Gasteiger partial charge in [0.1, 0.15) is 6.61 Å². The van der Waals surface area contributed by atoms with E-state index in [2.05, 4.69) is 4.98 Å². The Morgan fingerprint density at radius 3 is 2.59 bits per heavy atom. The highest BCUT2D eigenvalue weighted by atomic mass is 19.4. The summed E-state index contributed by atoms with van der Waals surface area (Å²) >= 11 is 0. The summed E-state index contributed by atoms with van der Waals surface area (Å²) in [4.78, 5) is 17.9. The molecule has 1 aromatic heterocycles. The van der Waals surface area contributed by atoms with Crippen molar-refractivity contribution >= 4 is 17.1 Å². The molecular formula is C21H20F3N3O2. The Bertz CT molecular complexity index is 1000. The summed E-state index contributed by atoms with van der Waals surface area (Å²) in [6.45, 7) is 0.618. The van der Waals surface area contributed by atoms with Crippen LogP contribution in [0, 0.1) is 0 Å². The third-order valence-electron chi connectivity index (χ3n) is 5.12. The molecule has 1 atom stereocenters. The van der Waals surface area contributed by atoms with Crippen LogP contribution in [-0.4, -0.2) is 33.1 Å².